The second kappa shape index (κ2) is 5.15. The molecule has 17 heavy (non-hydrogen) atoms. The smallest absolute Gasteiger partial charge is 0.219 e. The van der Waals surface area contributed by atoms with Gasteiger partial charge in [-0.1, -0.05) is 6.07 Å². The predicted molar refractivity (Wildman–Crippen MR) is 67.6 cm³/mol. The minimum absolute atomic E-state index is 0.463. The number of halogens is 1. The number of nitrogens with zero attached hydrogens (tertiary/aromatic N) is 2. The molecule has 0 aliphatic rings. The largest absolute Gasteiger partial charge is 0.437 e. The molecule has 2 aromatic rings. The standard InChI is InChI=1S/C13H13ClN2O/c1-9-3-5-12(8-15-9)17-13-6-4-11(7-14)10(2)16-13/h3-6,8H,7H2,1-2H3. The molecule has 0 aromatic carbocycles. The van der Waals surface area contributed by atoms with Crippen molar-refractivity contribution in [1.29, 1.82) is 0 Å². The molecule has 2 aromatic heterocycles. The van der Waals surface area contributed by atoms with Crippen molar-refractivity contribution < 1.29 is 4.74 Å². The Bertz CT molecular complexity index is 511. The van der Waals surface area contributed by atoms with Gasteiger partial charge in [-0.2, -0.15) is 0 Å². The summed E-state index contributed by atoms with van der Waals surface area (Å²) in [5, 5.41) is 0. The van der Waals surface area contributed by atoms with Gasteiger partial charge in [-0.05, 0) is 31.5 Å². The number of rotatable bonds is 3. The molecule has 2 rings (SSSR count). The van der Waals surface area contributed by atoms with Crippen molar-refractivity contribution >= 4 is 11.6 Å². The van der Waals surface area contributed by atoms with Crippen molar-refractivity contribution in [1.82, 2.24) is 9.97 Å². The minimum atomic E-state index is 0.463. The van der Waals surface area contributed by atoms with E-state index in [-0.39, 0.29) is 0 Å². The summed E-state index contributed by atoms with van der Waals surface area (Å²) in [5.74, 6) is 1.70. The van der Waals surface area contributed by atoms with Crippen LogP contribution in [-0.4, -0.2) is 9.97 Å². The molecule has 2 heterocycles. The molecular formula is C13H13ClN2O. The van der Waals surface area contributed by atoms with Crippen molar-refractivity contribution in [3.8, 4) is 11.6 Å². The lowest BCUT2D eigenvalue weighted by Crippen LogP contribution is -1.94. The van der Waals surface area contributed by atoms with Gasteiger partial charge in [0, 0.05) is 23.3 Å². The Morgan fingerprint density at radius 3 is 2.59 bits per heavy atom. The highest BCUT2D eigenvalue weighted by Gasteiger charge is 2.03. The van der Waals surface area contributed by atoms with Gasteiger partial charge in [0.2, 0.25) is 5.88 Å². The lowest BCUT2D eigenvalue weighted by Gasteiger charge is -2.07. The number of pyridine rings is 2. The van der Waals surface area contributed by atoms with E-state index in [1.54, 1.807) is 6.20 Å². The molecule has 0 aliphatic carbocycles. The zero-order valence-electron chi connectivity index (χ0n) is 9.77. The Balaban J connectivity index is 2.19. The average Bonchev–Trinajstić information content (AvgIpc) is 2.32. The molecule has 0 fully saturated rings. The maximum atomic E-state index is 5.77. The fourth-order valence-electron chi connectivity index (χ4n) is 1.40. The maximum absolute atomic E-state index is 5.77. The highest BCUT2D eigenvalue weighted by molar-refractivity contribution is 6.17. The van der Waals surface area contributed by atoms with E-state index < -0.39 is 0 Å². The molecule has 0 aliphatic heterocycles. The van der Waals surface area contributed by atoms with Crippen LogP contribution in [0.1, 0.15) is 17.0 Å². The number of aromatic nitrogens is 2. The van der Waals surface area contributed by atoms with Crippen LogP contribution in [0.5, 0.6) is 11.6 Å². The molecule has 0 atom stereocenters. The van der Waals surface area contributed by atoms with Crippen molar-refractivity contribution in [3.63, 3.8) is 0 Å². The predicted octanol–water partition coefficient (Wildman–Crippen LogP) is 3.62. The summed E-state index contributed by atoms with van der Waals surface area (Å²) in [6.07, 6.45) is 1.68. The van der Waals surface area contributed by atoms with E-state index in [0.717, 1.165) is 17.0 Å². The third kappa shape index (κ3) is 2.94. The van der Waals surface area contributed by atoms with Gasteiger partial charge in [-0.25, -0.2) is 4.98 Å². The number of alkyl halides is 1. The van der Waals surface area contributed by atoms with Gasteiger partial charge in [0.05, 0.1) is 6.20 Å². The van der Waals surface area contributed by atoms with E-state index in [2.05, 4.69) is 9.97 Å². The molecule has 0 unspecified atom stereocenters. The summed E-state index contributed by atoms with van der Waals surface area (Å²) in [6, 6.07) is 7.50. The van der Waals surface area contributed by atoms with Crippen LogP contribution < -0.4 is 4.74 Å². The summed E-state index contributed by atoms with van der Waals surface area (Å²) in [4.78, 5) is 8.48. The summed E-state index contributed by atoms with van der Waals surface area (Å²) < 4.78 is 5.60. The lowest BCUT2D eigenvalue weighted by molar-refractivity contribution is 0.459. The fraction of sp³-hybridized carbons (Fsp3) is 0.231. The Morgan fingerprint density at radius 1 is 1.18 bits per heavy atom. The Labute approximate surface area is 105 Å². The number of hydrogen-bond donors (Lipinski definition) is 0. The van der Waals surface area contributed by atoms with Gasteiger partial charge in [0.15, 0.2) is 0 Å². The second-order valence-electron chi connectivity index (χ2n) is 3.76. The average molecular weight is 249 g/mol. The van der Waals surface area contributed by atoms with Crippen LogP contribution in [0.15, 0.2) is 30.5 Å². The molecule has 0 radical (unpaired) electrons. The Kier molecular flexibility index (Phi) is 3.59. The van der Waals surface area contributed by atoms with Crippen molar-refractivity contribution in [2.24, 2.45) is 0 Å². The lowest BCUT2D eigenvalue weighted by atomic mass is 10.2. The maximum Gasteiger partial charge on any atom is 0.219 e. The molecular weight excluding hydrogens is 236 g/mol. The summed E-state index contributed by atoms with van der Waals surface area (Å²) >= 11 is 5.77. The van der Waals surface area contributed by atoms with E-state index in [4.69, 9.17) is 16.3 Å². The summed E-state index contributed by atoms with van der Waals surface area (Å²) in [7, 11) is 0. The zero-order chi connectivity index (χ0) is 12.3. The highest BCUT2D eigenvalue weighted by Crippen LogP contribution is 2.20. The van der Waals surface area contributed by atoms with Gasteiger partial charge in [0.25, 0.3) is 0 Å². The number of ether oxygens (including phenoxy) is 1. The van der Waals surface area contributed by atoms with Crippen molar-refractivity contribution in [2.45, 2.75) is 19.7 Å². The van der Waals surface area contributed by atoms with Crippen LogP contribution in [0.2, 0.25) is 0 Å². The first-order valence-electron chi connectivity index (χ1n) is 5.32. The van der Waals surface area contributed by atoms with Gasteiger partial charge in [-0.3, -0.25) is 4.98 Å². The molecule has 0 saturated carbocycles. The molecule has 0 saturated heterocycles. The number of aryl methyl sites for hydroxylation is 2. The summed E-state index contributed by atoms with van der Waals surface area (Å²) in [6.45, 7) is 3.85. The van der Waals surface area contributed by atoms with Crippen LogP contribution >= 0.6 is 11.6 Å². The van der Waals surface area contributed by atoms with Crippen LogP contribution in [0.3, 0.4) is 0 Å². The third-order valence-electron chi connectivity index (χ3n) is 2.42. The molecule has 4 heteroatoms. The summed E-state index contributed by atoms with van der Waals surface area (Å²) in [5.41, 5.74) is 2.86. The highest BCUT2D eigenvalue weighted by atomic mass is 35.5. The van der Waals surface area contributed by atoms with Gasteiger partial charge < -0.3 is 4.74 Å². The topological polar surface area (TPSA) is 35.0 Å². The van der Waals surface area contributed by atoms with E-state index in [9.17, 15) is 0 Å². The van der Waals surface area contributed by atoms with E-state index >= 15 is 0 Å². The van der Waals surface area contributed by atoms with Crippen LogP contribution in [-0.2, 0) is 5.88 Å². The number of hydrogen-bond acceptors (Lipinski definition) is 3. The zero-order valence-corrected chi connectivity index (χ0v) is 10.5. The molecule has 0 amide bonds. The Hall–Kier alpha value is -1.61. The quantitative estimate of drug-likeness (QED) is 0.778. The third-order valence-corrected chi connectivity index (χ3v) is 2.71. The molecule has 3 nitrogen and oxygen atoms in total. The molecule has 0 spiro atoms. The first kappa shape index (κ1) is 11.9. The SMILES string of the molecule is Cc1ccc(Oc2ccc(CCl)c(C)n2)cn1. The monoisotopic (exact) mass is 248 g/mol. The van der Waals surface area contributed by atoms with Crippen LogP contribution in [0.4, 0.5) is 0 Å². The van der Waals surface area contributed by atoms with Crippen LogP contribution in [0.25, 0.3) is 0 Å². The van der Waals surface area contributed by atoms with Crippen LogP contribution in [0, 0.1) is 13.8 Å². The Morgan fingerprint density at radius 2 is 2.00 bits per heavy atom. The molecule has 0 bridgehead atoms. The van der Waals surface area contributed by atoms with Gasteiger partial charge in [-0.15, -0.1) is 11.6 Å². The first-order valence-corrected chi connectivity index (χ1v) is 5.85. The van der Waals surface area contributed by atoms with E-state index in [0.29, 0.717) is 17.5 Å². The normalized spacial score (nSPS) is 10.3. The second-order valence-corrected chi connectivity index (χ2v) is 4.03. The van der Waals surface area contributed by atoms with Gasteiger partial charge in [0.1, 0.15) is 5.75 Å². The van der Waals surface area contributed by atoms with E-state index in [1.165, 1.54) is 0 Å². The minimum Gasteiger partial charge on any atom is -0.437 e. The fourth-order valence-corrected chi connectivity index (χ4v) is 1.68. The van der Waals surface area contributed by atoms with Crippen molar-refractivity contribution in [2.75, 3.05) is 0 Å². The molecule has 88 valence electrons. The van der Waals surface area contributed by atoms with E-state index in [1.807, 2.05) is 38.1 Å². The van der Waals surface area contributed by atoms with Gasteiger partial charge >= 0.3 is 0 Å². The molecule has 0 N–H and O–H groups in total. The van der Waals surface area contributed by atoms with Crippen molar-refractivity contribution in [3.05, 3.63) is 47.4 Å². The first-order chi connectivity index (χ1) is 8.19.